The molecule has 0 amide bonds. The predicted molar refractivity (Wildman–Crippen MR) is 80.7 cm³/mol. The first kappa shape index (κ1) is 14.9. The van der Waals surface area contributed by atoms with E-state index < -0.39 is 0 Å². The van der Waals surface area contributed by atoms with Crippen molar-refractivity contribution in [3.63, 3.8) is 0 Å². The van der Waals surface area contributed by atoms with Crippen molar-refractivity contribution in [1.29, 1.82) is 0 Å². The fourth-order valence-corrected chi connectivity index (χ4v) is 3.81. The van der Waals surface area contributed by atoms with Crippen LogP contribution in [0.4, 0.5) is 0 Å². The van der Waals surface area contributed by atoms with E-state index in [9.17, 15) is 0 Å². The number of nitrogens with one attached hydrogen (secondary N) is 1. The summed E-state index contributed by atoms with van der Waals surface area (Å²) in [5.74, 6) is 0. The minimum atomic E-state index is -0.156. The Morgan fingerprint density at radius 2 is 2.26 bits per heavy atom. The van der Waals surface area contributed by atoms with E-state index >= 15 is 0 Å². The molecule has 2 rings (SSSR count). The monoisotopic (exact) mass is 282 g/mol. The van der Waals surface area contributed by atoms with Gasteiger partial charge in [-0.15, -0.1) is 11.3 Å². The van der Waals surface area contributed by atoms with E-state index in [2.05, 4.69) is 33.0 Å². The van der Waals surface area contributed by atoms with Gasteiger partial charge in [0.05, 0.1) is 5.69 Å². The zero-order valence-electron chi connectivity index (χ0n) is 12.6. The lowest BCUT2D eigenvalue weighted by Gasteiger charge is -2.31. The van der Waals surface area contributed by atoms with Crippen molar-refractivity contribution in [1.82, 2.24) is 10.3 Å². The average Bonchev–Trinajstić information content (AvgIpc) is 2.80. The third-order valence-corrected chi connectivity index (χ3v) is 5.43. The van der Waals surface area contributed by atoms with Crippen molar-refractivity contribution >= 4 is 11.3 Å². The minimum absolute atomic E-state index is 0.156. The molecule has 1 fully saturated rings. The Morgan fingerprint density at radius 3 is 2.89 bits per heavy atom. The predicted octanol–water partition coefficient (Wildman–Crippen LogP) is 3.93. The molecular weight excluding hydrogens is 256 g/mol. The highest BCUT2D eigenvalue weighted by atomic mass is 32.1. The highest BCUT2D eigenvalue weighted by Gasteiger charge is 2.34. The van der Waals surface area contributed by atoms with Gasteiger partial charge in [-0.1, -0.05) is 6.92 Å². The Labute approximate surface area is 120 Å². The largest absolute Gasteiger partial charge is 0.368 e. The molecule has 0 aromatic carbocycles. The molecular formula is C15H26N2OS. The van der Waals surface area contributed by atoms with E-state index in [-0.39, 0.29) is 5.60 Å². The number of hydrogen-bond donors (Lipinski definition) is 1. The second-order valence-corrected chi connectivity index (χ2v) is 6.71. The van der Waals surface area contributed by atoms with Gasteiger partial charge >= 0.3 is 0 Å². The molecule has 3 nitrogen and oxygen atoms in total. The van der Waals surface area contributed by atoms with Crippen LogP contribution in [-0.2, 0) is 10.3 Å². The fourth-order valence-electron chi connectivity index (χ4n) is 2.59. The first-order valence-electron chi connectivity index (χ1n) is 7.42. The lowest BCUT2D eigenvalue weighted by Crippen LogP contribution is -2.30. The van der Waals surface area contributed by atoms with Crippen molar-refractivity contribution in [3.8, 4) is 0 Å². The molecule has 1 aromatic rings. The van der Waals surface area contributed by atoms with E-state index in [1.165, 1.54) is 17.7 Å². The van der Waals surface area contributed by atoms with Gasteiger partial charge in [-0.05, 0) is 53.0 Å². The van der Waals surface area contributed by atoms with Crippen molar-refractivity contribution in [2.45, 2.75) is 65.0 Å². The molecule has 108 valence electrons. The maximum Gasteiger partial charge on any atom is 0.125 e. The lowest BCUT2D eigenvalue weighted by atomic mass is 9.97. The van der Waals surface area contributed by atoms with Crippen LogP contribution in [0, 0.1) is 6.92 Å². The summed E-state index contributed by atoms with van der Waals surface area (Å²) in [4.78, 5) is 6.15. The number of rotatable bonds is 5. The van der Waals surface area contributed by atoms with Gasteiger partial charge in [0.15, 0.2) is 0 Å². The zero-order valence-corrected chi connectivity index (χ0v) is 13.4. The number of thiazole rings is 1. The fraction of sp³-hybridized carbons (Fsp3) is 0.800. The molecule has 2 heterocycles. The van der Waals surface area contributed by atoms with Crippen molar-refractivity contribution in [3.05, 3.63) is 15.6 Å². The van der Waals surface area contributed by atoms with Crippen molar-refractivity contribution in [2.24, 2.45) is 0 Å². The van der Waals surface area contributed by atoms with E-state index in [0.29, 0.717) is 6.04 Å². The number of aryl methyl sites for hydroxylation is 1. The summed E-state index contributed by atoms with van der Waals surface area (Å²) >= 11 is 1.82. The summed E-state index contributed by atoms with van der Waals surface area (Å²) in [5, 5.41) is 4.71. The van der Waals surface area contributed by atoms with E-state index in [1.807, 2.05) is 11.3 Å². The first-order chi connectivity index (χ1) is 9.07. The summed E-state index contributed by atoms with van der Waals surface area (Å²) in [6.07, 6.45) is 4.68. The molecule has 4 heteroatoms. The second kappa shape index (κ2) is 6.33. The molecule has 19 heavy (non-hydrogen) atoms. The Balaban J connectivity index is 2.15. The maximum absolute atomic E-state index is 6.01. The van der Waals surface area contributed by atoms with E-state index in [0.717, 1.165) is 36.7 Å². The molecule has 0 saturated carbocycles. The number of nitrogens with zero attached hydrogens (tertiary/aromatic N) is 1. The van der Waals surface area contributed by atoms with Gasteiger partial charge < -0.3 is 10.1 Å². The van der Waals surface area contributed by atoms with Crippen LogP contribution < -0.4 is 5.32 Å². The van der Waals surface area contributed by atoms with Crippen LogP contribution in [0.5, 0.6) is 0 Å². The van der Waals surface area contributed by atoms with Gasteiger partial charge in [-0.3, -0.25) is 0 Å². The molecule has 0 bridgehead atoms. The Morgan fingerprint density at radius 1 is 1.47 bits per heavy atom. The molecule has 1 saturated heterocycles. The first-order valence-corrected chi connectivity index (χ1v) is 8.23. The molecule has 0 aliphatic carbocycles. The smallest absolute Gasteiger partial charge is 0.125 e. The molecule has 1 aromatic heterocycles. The Hall–Kier alpha value is -0.450. The van der Waals surface area contributed by atoms with Gasteiger partial charge in [0, 0.05) is 17.5 Å². The van der Waals surface area contributed by atoms with Crippen LogP contribution in [0.15, 0.2) is 0 Å². The topological polar surface area (TPSA) is 34.1 Å². The van der Waals surface area contributed by atoms with Gasteiger partial charge in [0.1, 0.15) is 10.6 Å². The lowest BCUT2D eigenvalue weighted by molar-refractivity contribution is -0.0702. The summed E-state index contributed by atoms with van der Waals surface area (Å²) < 4.78 is 6.01. The van der Waals surface area contributed by atoms with Gasteiger partial charge in [-0.2, -0.15) is 0 Å². The summed E-state index contributed by atoms with van der Waals surface area (Å²) in [6.45, 7) is 10.7. The van der Waals surface area contributed by atoms with Crippen LogP contribution in [0.25, 0.3) is 0 Å². The molecule has 1 N–H and O–H groups in total. The third kappa shape index (κ3) is 3.36. The van der Waals surface area contributed by atoms with Crippen LogP contribution in [0.1, 0.15) is 68.1 Å². The molecule has 1 aliphatic heterocycles. The Bertz CT molecular complexity index is 410. The van der Waals surface area contributed by atoms with Crippen LogP contribution >= 0.6 is 11.3 Å². The number of aromatic nitrogens is 1. The standard InChI is InChI=1S/C15H26N2OS/c1-5-9-16-11(2)13-12(3)17-14(19-13)15(4)8-6-7-10-18-15/h11,16H,5-10H2,1-4H3. The number of ether oxygens (including phenoxy) is 1. The van der Waals surface area contributed by atoms with Crippen molar-refractivity contribution in [2.75, 3.05) is 13.2 Å². The molecule has 0 radical (unpaired) electrons. The van der Waals surface area contributed by atoms with Crippen LogP contribution in [0.2, 0.25) is 0 Å². The SMILES string of the molecule is CCCNC(C)c1sc(C2(C)CCCCO2)nc1C. The normalized spacial score (nSPS) is 25.5. The molecule has 0 spiro atoms. The minimum Gasteiger partial charge on any atom is -0.368 e. The van der Waals surface area contributed by atoms with Crippen LogP contribution in [-0.4, -0.2) is 18.1 Å². The highest BCUT2D eigenvalue weighted by molar-refractivity contribution is 7.12. The second-order valence-electron chi connectivity index (χ2n) is 5.68. The molecule has 2 unspecified atom stereocenters. The maximum atomic E-state index is 6.01. The van der Waals surface area contributed by atoms with Crippen LogP contribution in [0.3, 0.4) is 0 Å². The van der Waals surface area contributed by atoms with E-state index in [4.69, 9.17) is 9.72 Å². The third-order valence-electron chi connectivity index (χ3n) is 3.85. The number of hydrogen-bond acceptors (Lipinski definition) is 4. The highest BCUT2D eigenvalue weighted by Crippen LogP contribution is 2.39. The average molecular weight is 282 g/mol. The van der Waals surface area contributed by atoms with Gasteiger partial charge in [0.25, 0.3) is 0 Å². The van der Waals surface area contributed by atoms with E-state index in [1.54, 1.807) is 0 Å². The quantitative estimate of drug-likeness (QED) is 0.888. The molecule has 1 aliphatic rings. The summed E-state index contributed by atoms with van der Waals surface area (Å²) in [5.41, 5.74) is 1.00. The van der Waals surface area contributed by atoms with Gasteiger partial charge in [0.2, 0.25) is 0 Å². The summed E-state index contributed by atoms with van der Waals surface area (Å²) in [6, 6.07) is 0.387. The molecule has 2 atom stereocenters. The zero-order chi connectivity index (χ0) is 13.9. The summed E-state index contributed by atoms with van der Waals surface area (Å²) in [7, 11) is 0. The Kier molecular flexibility index (Phi) is 4.98. The van der Waals surface area contributed by atoms with Crippen molar-refractivity contribution < 1.29 is 4.74 Å². The van der Waals surface area contributed by atoms with Gasteiger partial charge in [-0.25, -0.2) is 4.98 Å².